The molecule has 1 N–H and O–H groups in total. The second-order valence-electron chi connectivity index (χ2n) is 0.747. The number of aliphatic carboxylic acids is 1. The molecule has 2 nitrogen and oxygen atoms in total. The summed E-state index contributed by atoms with van der Waals surface area (Å²) in [6.07, 6.45) is 0.222. The van der Waals surface area contributed by atoms with Crippen molar-refractivity contribution in [2.75, 3.05) is 0 Å². The number of rotatable bonds is 1. The molecule has 0 aromatic carbocycles. The molecule has 0 fully saturated rings. The van der Waals surface area contributed by atoms with Gasteiger partial charge in [0, 0.05) is 6.42 Å². The fourth-order valence-electron chi connectivity index (χ4n) is 0. The van der Waals surface area contributed by atoms with Crippen molar-refractivity contribution in [3.63, 3.8) is 0 Å². The Morgan fingerprint density at radius 2 is 2.00 bits per heavy atom. The minimum atomic E-state index is -0.745. The van der Waals surface area contributed by atoms with Crippen LogP contribution in [0.4, 0.5) is 0 Å². The number of hydrogen-bond donors (Lipinski definition) is 1. The van der Waals surface area contributed by atoms with Gasteiger partial charge in [-0.15, -0.1) is 0 Å². The van der Waals surface area contributed by atoms with Crippen LogP contribution in [0, 0.1) is 0 Å². The van der Waals surface area contributed by atoms with E-state index in [1.165, 1.54) is 0 Å². The van der Waals surface area contributed by atoms with Crippen LogP contribution in [0.3, 0.4) is 0 Å². The molecule has 0 saturated carbocycles. The minimum absolute atomic E-state index is 0. The average Bonchev–Trinajstić information content (AvgIpc) is 1.38. The fourth-order valence-corrected chi connectivity index (χ4v) is 0. The van der Waals surface area contributed by atoms with Crippen LogP contribution in [-0.2, 0) is 4.79 Å². The molecule has 36 valence electrons. The van der Waals surface area contributed by atoms with Crippen molar-refractivity contribution in [2.45, 2.75) is 13.3 Å². The van der Waals surface area contributed by atoms with E-state index in [2.05, 4.69) is 0 Å². The van der Waals surface area contributed by atoms with Crippen molar-refractivity contribution >= 4 is 29.9 Å². The summed E-state index contributed by atoms with van der Waals surface area (Å²) in [4.78, 5) is 9.37. The number of carbonyl (C=O) groups is 1. The standard InChI is InChI=1S/C3H6O2.Sn.2H/c1-2-3(4)5;;;/h2H2,1H3,(H,4,5);;;. The number of carboxylic acid groups (broad SMARTS) is 1. The van der Waals surface area contributed by atoms with E-state index in [1.807, 2.05) is 0 Å². The summed E-state index contributed by atoms with van der Waals surface area (Å²) < 4.78 is 0. The zero-order valence-corrected chi connectivity index (χ0v) is 7.81. The summed E-state index contributed by atoms with van der Waals surface area (Å²) in [6.45, 7) is 1.60. The molecular formula is C3H8O2Sn. The van der Waals surface area contributed by atoms with Crippen LogP contribution in [-0.4, -0.2) is 35.0 Å². The average molecular weight is 195 g/mol. The van der Waals surface area contributed by atoms with Gasteiger partial charge >= 0.3 is 29.9 Å². The van der Waals surface area contributed by atoms with Gasteiger partial charge in [-0.2, -0.15) is 0 Å². The predicted molar refractivity (Wildman–Crippen MR) is 26.5 cm³/mol. The van der Waals surface area contributed by atoms with Gasteiger partial charge in [0.05, 0.1) is 0 Å². The Labute approximate surface area is 53.5 Å². The van der Waals surface area contributed by atoms with E-state index in [9.17, 15) is 4.79 Å². The van der Waals surface area contributed by atoms with E-state index >= 15 is 0 Å². The summed E-state index contributed by atoms with van der Waals surface area (Å²) in [5.41, 5.74) is 0. The zero-order chi connectivity index (χ0) is 4.28. The van der Waals surface area contributed by atoms with Gasteiger partial charge in [-0.1, -0.05) is 6.92 Å². The quantitative estimate of drug-likeness (QED) is 0.576. The first-order valence-corrected chi connectivity index (χ1v) is 1.49. The Balaban J connectivity index is 0. The summed E-state index contributed by atoms with van der Waals surface area (Å²) in [6, 6.07) is 0. The third-order valence-corrected chi connectivity index (χ3v) is 0.302. The van der Waals surface area contributed by atoms with Gasteiger partial charge in [0.2, 0.25) is 0 Å². The molecule has 0 atom stereocenters. The van der Waals surface area contributed by atoms with Gasteiger partial charge in [0.1, 0.15) is 0 Å². The van der Waals surface area contributed by atoms with Crippen molar-refractivity contribution in [2.24, 2.45) is 0 Å². The van der Waals surface area contributed by atoms with Gasteiger partial charge in [-0.05, 0) is 0 Å². The van der Waals surface area contributed by atoms with Gasteiger partial charge in [0.25, 0.3) is 0 Å². The molecule has 0 bridgehead atoms. The Bertz CT molecular complexity index is 44.1. The van der Waals surface area contributed by atoms with Crippen LogP contribution in [0.2, 0.25) is 0 Å². The molecule has 0 heterocycles. The predicted octanol–water partition coefficient (Wildman–Crippen LogP) is -0.435. The molecule has 0 spiro atoms. The zero-order valence-electron chi connectivity index (χ0n) is 3.77. The van der Waals surface area contributed by atoms with Crippen molar-refractivity contribution in [3.8, 4) is 0 Å². The normalized spacial score (nSPS) is 6.17. The first-order chi connectivity index (χ1) is 2.27. The maximum atomic E-state index is 9.37. The SMILES string of the molecule is CCC(=O)O.[SnH2]. The third kappa shape index (κ3) is 8.86. The molecule has 0 aliphatic heterocycles. The monoisotopic (exact) mass is 196 g/mol. The van der Waals surface area contributed by atoms with E-state index in [0.29, 0.717) is 0 Å². The molecule has 0 aromatic heterocycles. The van der Waals surface area contributed by atoms with Crippen LogP contribution in [0.25, 0.3) is 0 Å². The number of carboxylic acids is 1. The Kier molecular flexibility index (Phi) is 8.39. The molecule has 0 unspecified atom stereocenters. The summed E-state index contributed by atoms with van der Waals surface area (Å²) in [5, 5.41) is 7.72. The van der Waals surface area contributed by atoms with E-state index in [-0.39, 0.29) is 30.3 Å². The second-order valence-corrected chi connectivity index (χ2v) is 0.747. The molecule has 2 radical (unpaired) electrons. The van der Waals surface area contributed by atoms with Crippen molar-refractivity contribution in [1.82, 2.24) is 0 Å². The second kappa shape index (κ2) is 5.27. The van der Waals surface area contributed by atoms with Crippen LogP contribution in [0.1, 0.15) is 13.3 Å². The molecule has 0 aliphatic rings. The fraction of sp³-hybridized carbons (Fsp3) is 0.667. The van der Waals surface area contributed by atoms with Crippen LogP contribution < -0.4 is 0 Å². The molecule has 0 saturated heterocycles. The number of hydrogen-bond acceptors (Lipinski definition) is 1. The van der Waals surface area contributed by atoms with Gasteiger partial charge in [-0.3, -0.25) is 4.79 Å². The molecule has 0 aliphatic carbocycles. The molecule has 0 amide bonds. The summed E-state index contributed by atoms with van der Waals surface area (Å²) in [5.74, 6) is -0.745. The van der Waals surface area contributed by atoms with Crippen LogP contribution in [0.15, 0.2) is 0 Å². The Hall–Kier alpha value is 0.269. The van der Waals surface area contributed by atoms with E-state index in [4.69, 9.17) is 5.11 Å². The van der Waals surface area contributed by atoms with Gasteiger partial charge in [0.15, 0.2) is 0 Å². The van der Waals surface area contributed by atoms with Crippen molar-refractivity contribution in [3.05, 3.63) is 0 Å². The van der Waals surface area contributed by atoms with Gasteiger partial charge < -0.3 is 5.11 Å². The molecule has 3 heteroatoms. The molecule has 0 aromatic rings. The van der Waals surface area contributed by atoms with E-state index in [0.717, 1.165) is 0 Å². The summed E-state index contributed by atoms with van der Waals surface area (Å²) >= 11 is 0. The van der Waals surface area contributed by atoms with Crippen molar-refractivity contribution in [1.29, 1.82) is 0 Å². The first kappa shape index (κ1) is 9.55. The molecule has 0 rings (SSSR count). The van der Waals surface area contributed by atoms with E-state index in [1.54, 1.807) is 6.92 Å². The molecule has 6 heavy (non-hydrogen) atoms. The van der Waals surface area contributed by atoms with Crippen LogP contribution >= 0.6 is 0 Å². The Morgan fingerprint density at radius 3 is 2.00 bits per heavy atom. The third-order valence-electron chi connectivity index (χ3n) is 0.302. The Morgan fingerprint density at radius 1 is 1.83 bits per heavy atom. The van der Waals surface area contributed by atoms with Crippen LogP contribution in [0.5, 0.6) is 0 Å². The topological polar surface area (TPSA) is 37.3 Å². The van der Waals surface area contributed by atoms with E-state index < -0.39 is 5.97 Å². The first-order valence-electron chi connectivity index (χ1n) is 1.49. The van der Waals surface area contributed by atoms with Gasteiger partial charge in [-0.25, -0.2) is 0 Å². The maximum absolute atomic E-state index is 9.37. The molecular weight excluding hydrogens is 187 g/mol. The van der Waals surface area contributed by atoms with Crippen molar-refractivity contribution < 1.29 is 9.90 Å². The summed E-state index contributed by atoms with van der Waals surface area (Å²) in [7, 11) is 0.